The fourth-order valence-electron chi connectivity index (χ4n) is 3.57. The fourth-order valence-corrected chi connectivity index (χ4v) is 3.57. The molecule has 3 rings (SSSR count). The zero-order chi connectivity index (χ0) is 17.2. The first kappa shape index (κ1) is 16.2. The average molecular weight is 324 g/mol. The van der Waals surface area contributed by atoms with E-state index in [1.54, 1.807) is 7.11 Å². The van der Waals surface area contributed by atoms with Crippen molar-refractivity contribution in [3.8, 4) is 5.75 Å². The lowest BCUT2D eigenvalue weighted by atomic mass is 9.75. The molecule has 1 aliphatic carbocycles. The van der Waals surface area contributed by atoms with E-state index in [0.29, 0.717) is 30.6 Å². The second-order valence-corrected chi connectivity index (χ2v) is 5.93. The normalized spacial score (nSPS) is 20.1. The highest BCUT2D eigenvalue weighted by molar-refractivity contribution is 6.14. The summed E-state index contributed by atoms with van der Waals surface area (Å²) in [6.07, 6.45) is 2.97. The molecule has 2 aromatic rings. The Hall–Kier alpha value is -2.62. The zero-order valence-corrected chi connectivity index (χ0v) is 13.7. The van der Waals surface area contributed by atoms with Crippen molar-refractivity contribution >= 4 is 22.5 Å². The topological polar surface area (TPSA) is 52.6 Å². The lowest BCUT2D eigenvalue weighted by Gasteiger charge is -2.28. The predicted molar refractivity (Wildman–Crippen MR) is 92.2 cm³/mol. The molecule has 1 aliphatic rings. The summed E-state index contributed by atoms with van der Waals surface area (Å²) in [7, 11) is 1.55. The molecule has 0 radical (unpaired) electrons. The molecule has 1 saturated carbocycles. The molecule has 124 valence electrons. The molecule has 1 atom stereocenters. The summed E-state index contributed by atoms with van der Waals surface area (Å²) >= 11 is 0. The molecule has 24 heavy (non-hydrogen) atoms. The van der Waals surface area contributed by atoms with Crippen molar-refractivity contribution in [3.05, 3.63) is 54.6 Å². The molecule has 1 unspecified atom stereocenters. The number of carbonyl (C=O) groups is 2. The molecule has 2 aromatic carbocycles. The van der Waals surface area contributed by atoms with Gasteiger partial charge in [0, 0.05) is 12.0 Å². The standard InChI is InChI=1S/C20H20O4/c1-3-13-24-19(22)20(12-6-9-17(20)21)18-15-8-5-4-7-14(15)10-11-16(18)23-2/h3-5,7-8,10-11H,1,6,9,12-13H2,2H3. The van der Waals surface area contributed by atoms with Gasteiger partial charge >= 0.3 is 5.97 Å². The molecule has 4 heteroatoms. The summed E-state index contributed by atoms with van der Waals surface area (Å²) in [5, 5.41) is 1.81. The van der Waals surface area contributed by atoms with E-state index in [9.17, 15) is 9.59 Å². The first-order chi connectivity index (χ1) is 11.6. The van der Waals surface area contributed by atoms with Gasteiger partial charge in [-0.25, -0.2) is 0 Å². The van der Waals surface area contributed by atoms with E-state index in [1.165, 1.54) is 6.08 Å². The Morgan fingerprint density at radius 2 is 2.08 bits per heavy atom. The quantitative estimate of drug-likeness (QED) is 0.479. The lowest BCUT2D eigenvalue weighted by molar-refractivity contribution is -0.152. The molecule has 0 aliphatic heterocycles. The van der Waals surface area contributed by atoms with Gasteiger partial charge in [-0.2, -0.15) is 0 Å². The number of Topliss-reactive ketones (excluding diaryl/α,β-unsaturated/α-hetero) is 1. The molecule has 0 spiro atoms. The summed E-state index contributed by atoms with van der Waals surface area (Å²) in [5.74, 6) is -0.0785. The summed E-state index contributed by atoms with van der Waals surface area (Å²) in [6.45, 7) is 3.65. The molecule has 0 bridgehead atoms. The van der Waals surface area contributed by atoms with Gasteiger partial charge in [-0.05, 0) is 29.7 Å². The SMILES string of the molecule is C=CCOC(=O)C1(c2c(OC)ccc3ccccc23)CCCC1=O. The zero-order valence-electron chi connectivity index (χ0n) is 13.7. The summed E-state index contributed by atoms with van der Waals surface area (Å²) in [6, 6.07) is 11.4. The van der Waals surface area contributed by atoms with Crippen molar-refractivity contribution in [2.45, 2.75) is 24.7 Å². The van der Waals surface area contributed by atoms with Crippen LogP contribution >= 0.6 is 0 Å². The van der Waals surface area contributed by atoms with Gasteiger partial charge in [0.1, 0.15) is 12.4 Å². The van der Waals surface area contributed by atoms with Crippen molar-refractivity contribution < 1.29 is 19.1 Å². The van der Waals surface area contributed by atoms with Crippen LogP contribution in [0.25, 0.3) is 10.8 Å². The number of fused-ring (bicyclic) bond motifs is 1. The van der Waals surface area contributed by atoms with Crippen molar-refractivity contribution in [1.29, 1.82) is 0 Å². The fraction of sp³-hybridized carbons (Fsp3) is 0.300. The van der Waals surface area contributed by atoms with Gasteiger partial charge in [-0.15, -0.1) is 0 Å². The van der Waals surface area contributed by atoms with E-state index < -0.39 is 11.4 Å². The van der Waals surface area contributed by atoms with E-state index >= 15 is 0 Å². The molecule has 0 aromatic heterocycles. The van der Waals surface area contributed by atoms with Crippen LogP contribution in [-0.2, 0) is 19.7 Å². The van der Waals surface area contributed by atoms with Gasteiger partial charge in [0.05, 0.1) is 7.11 Å². The number of carbonyl (C=O) groups excluding carboxylic acids is 2. The number of hydrogen-bond donors (Lipinski definition) is 0. The Bertz CT molecular complexity index is 808. The first-order valence-electron chi connectivity index (χ1n) is 8.03. The molecule has 0 N–H and O–H groups in total. The highest BCUT2D eigenvalue weighted by Gasteiger charge is 2.53. The van der Waals surface area contributed by atoms with E-state index in [1.807, 2.05) is 36.4 Å². The van der Waals surface area contributed by atoms with E-state index in [2.05, 4.69) is 6.58 Å². The van der Waals surface area contributed by atoms with Gasteiger partial charge < -0.3 is 9.47 Å². The van der Waals surface area contributed by atoms with Crippen molar-refractivity contribution in [2.75, 3.05) is 13.7 Å². The summed E-state index contributed by atoms with van der Waals surface area (Å²) < 4.78 is 10.8. The molecular formula is C20H20O4. The number of hydrogen-bond acceptors (Lipinski definition) is 4. The molecular weight excluding hydrogens is 304 g/mol. The number of ketones is 1. The van der Waals surface area contributed by atoms with Crippen molar-refractivity contribution in [1.82, 2.24) is 0 Å². The maximum absolute atomic E-state index is 12.9. The smallest absolute Gasteiger partial charge is 0.324 e. The van der Waals surface area contributed by atoms with Crippen LogP contribution < -0.4 is 4.74 Å². The maximum Gasteiger partial charge on any atom is 0.324 e. The van der Waals surface area contributed by atoms with Gasteiger partial charge in [0.25, 0.3) is 0 Å². The van der Waals surface area contributed by atoms with Crippen LogP contribution in [0.4, 0.5) is 0 Å². The second-order valence-electron chi connectivity index (χ2n) is 5.93. The Morgan fingerprint density at radius 3 is 2.75 bits per heavy atom. The largest absolute Gasteiger partial charge is 0.496 e. The number of rotatable bonds is 5. The van der Waals surface area contributed by atoms with Gasteiger partial charge in [-0.1, -0.05) is 43.0 Å². The maximum atomic E-state index is 12.9. The molecule has 0 heterocycles. The first-order valence-corrected chi connectivity index (χ1v) is 8.03. The Balaban J connectivity index is 2.29. The van der Waals surface area contributed by atoms with E-state index in [4.69, 9.17) is 9.47 Å². The van der Waals surface area contributed by atoms with Gasteiger partial charge in [0.15, 0.2) is 11.2 Å². The minimum absolute atomic E-state index is 0.0843. The molecule has 1 fully saturated rings. The number of benzene rings is 2. The molecule has 0 amide bonds. The number of ether oxygens (including phenoxy) is 2. The van der Waals surface area contributed by atoms with E-state index in [-0.39, 0.29) is 12.4 Å². The predicted octanol–water partition coefficient (Wildman–Crippen LogP) is 3.57. The van der Waals surface area contributed by atoms with Crippen LogP contribution in [0.15, 0.2) is 49.1 Å². The number of esters is 1. The Kier molecular flexibility index (Phi) is 4.38. The van der Waals surface area contributed by atoms with Crippen LogP contribution in [0.2, 0.25) is 0 Å². The third-order valence-corrected chi connectivity index (χ3v) is 4.65. The third-order valence-electron chi connectivity index (χ3n) is 4.65. The second kappa shape index (κ2) is 6.48. The third kappa shape index (κ3) is 2.39. The average Bonchev–Trinajstić information content (AvgIpc) is 3.00. The van der Waals surface area contributed by atoms with Crippen LogP contribution in [-0.4, -0.2) is 25.5 Å². The van der Waals surface area contributed by atoms with Crippen LogP contribution in [0, 0.1) is 0 Å². The monoisotopic (exact) mass is 324 g/mol. The van der Waals surface area contributed by atoms with E-state index in [0.717, 1.165) is 10.8 Å². The van der Waals surface area contributed by atoms with Crippen LogP contribution in [0.3, 0.4) is 0 Å². The molecule has 0 saturated heterocycles. The van der Waals surface area contributed by atoms with Crippen molar-refractivity contribution in [2.24, 2.45) is 0 Å². The summed E-state index contributed by atoms with van der Waals surface area (Å²) in [4.78, 5) is 25.7. The molecule has 4 nitrogen and oxygen atoms in total. The van der Waals surface area contributed by atoms with Gasteiger partial charge in [0.2, 0.25) is 0 Å². The highest BCUT2D eigenvalue weighted by atomic mass is 16.5. The minimum Gasteiger partial charge on any atom is -0.496 e. The lowest BCUT2D eigenvalue weighted by Crippen LogP contribution is -2.42. The summed E-state index contributed by atoms with van der Waals surface area (Å²) in [5.41, 5.74) is -0.672. The Labute approximate surface area is 141 Å². The minimum atomic E-state index is -1.30. The Morgan fingerprint density at radius 1 is 1.29 bits per heavy atom. The van der Waals surface area contributed by atoms with Crippen LogP contribution in [0.1, 0.15) is 24.8 Å². The van der Waals surface area contributed by atoms with Crippen LogP contribution in [0.5, 0.6) is 5.75 Å². The van der Waals surface area contributed by atoms with Crippen molar-refractivity contribution in [3.63, 3.8) is 0 Å². The number of methoxy groups -OCH3 is 1. The highest BCUT2D eigenvalue weighted by Crippen LogP contribution is 2.46. The van der Waals surface area contributed by atoms with Gasteiger partial charge in [-0.3, -0.25) is 9.59 Å².